The van der Waals surface area contributed by atoms with Gasteiger partial charge in [0.1, 0.15) is 0 Å². The zero-order valence-electron chi connectivity index (χ0n) is 9.08. The van der Waals surface area contributed by atoms with E-state index in [1.807, 2.05) is 13.2 Å². The molecule has 4 nitrogen and oxygen atoms in total. The molecule has 0 aromatic carbocycles. The number of aryl methyl sites for hydroxylation is 1. The van der Waals surface area contributed by atoms with Crippen molar-refractivity contribution in [2.45, 2.75) is 32.6 Å². The van der Waals surface area contributed by atoms with Crippen molar-refractivity contribution < 1.29 is 0 Å². The van der Waals surface area contributed by atoms with Gasteiger partial charge in [0.2, 0.25) is 0 Å². The summed E-state index contributed by atoms with van der Waals surface area (Å²) in [6.45, 7) is 3.17. The normalized spacial score (nSPS) is 10.4. The maximum absolute atomic E-state index is 5.74. The van der Waals surface area contributed by atoms with E-state index in [4.69, 9.17) is 5.73 Å². The smallest absolute Gasteiger partial charge is 0.171 e. The van der Waals surface area contributed by atoms with Crippen LogP contribution in [0.15, 0.2) is 6.20 Å². The second kappa shape index (κ2) is 5.52. The van der Waals surface area contributed by atoms with Gasteiger partial charge in [-0.15, -0.1) is 0 Å². The average molecular weight is 196 g/mol. The van der Waals surface area contributed by atoms with Gasteiger partial charge in [-0.25, -0.2) is 0 Å². The molecule has 1 rings (SSSR count). The molecule has 80 valence electrons. The van der Waals surface area contributed by atoms with Gasteiger partial charge in [0, 0.05) is 19.8 Å². The van der Waals surface area contributed by atoms with Crippen LogP contribution in [0.2, 0.25) is 0 Å². The summed E-state index contributed by atoms with van der Waals surface area (Å²) >= 11 is 0. The molecule has 3 N–H and O–H groups in total. The zero-order chi connectivity index (χ0) is 10.4. The fourth-order valence-electron chi connectivity index (χ4n) is 1.40. The van der Waals surface area contributed by atoms with E-state index >= 15 is 0 Å². The highest BCUT2D eigenvalue weighted by atomic mass is 15.3. The third kappa shape index (κ3) is 3.28. The minimum atomic E-state index is 0.725. The van der Waals surface area contributed by atoms with Crippen molar-refractivity contribution in [3.05, 3.63) is 6.20 Å². The molecule has 0 aliphatic carbocycles. The molecular formula is C10H20N4. The number of nitrogens with zero attached hydrogens (tertiary/aromatic N) is 2. The largest absolute Gasteiger partial charge is 0.394 e. The molecule has 0 spiro atoms. The summed E-state index contributed by atoms with van der Waals surface area (Å²) < 4.78 is 1.73. The highest BCUT2D eigenvalue weighted by Crippen LogP contribution is 2.14. The van der Waals surface area contributed by atoms with Crippen molar-refractivity contribution in [3.8, 4) is 0 Å². The molecule has 0 bridgehead atoms. The molecule has 0 atom stereocenters. The second-order valence-corrected chi connectivity index (χ2v) is 3.59. The van der Waals surface area contributed by atoms with Crippen LogP contribution >= 0.6 is 0 Å². The molecule has 0 saturated heterocycles. The predicted octanol–water partition coefficient (Wildman–Crippen LogP) is 1.99. The van der Waals surface area contributed by atoms with Crippen molar-refractivity contribution in [2.75, 3.05) is 17.6 Å². The van der Waals surface area contributed by atoms with Gasteiger partial charge in [0.15, 0.2) is 5.82 Å². The van der Waals surface area contributed by atoms with E-state index in [-0.39, 0.29) is 0 Å². The van der Waals surface area contributed by atoms with E-state index in [0.717, 1.165) is 18.1 Å². The first kappa shape index (κ1) is 10.9. The van der Waals surface area contributed by atoms with Gasteiger partial charge < -0.3 is 11.1 Å². The molecule has 0 saturated carbocycles. The van der Waals surface area contributed by atoms with Crippen LogP contribution in [0.5, 0.6) is 0 Å². The molecule has 14 heavy (non-hydrogen) atoms. The monoisotopic (exact) mass is 196 g/mol. The number of hydrogen-bond acceptors (Lipinski definition) is 3. The van der Waals surface area contributed by atoms with E-state index in [1.54, 1.807) is 4.68 Å². The first-order valence-corrected chi connectivity index (χ1v) is 5.27. The highest BCUT2D eigenvalue weighted by Gasteiger charge is 2.01. The van der Waals surface area contributed by atoms with Crippen LogP contribution in [0.4, 0.5) is 11.5 Å². The number of nitrogens with two attached hydrogens (primary N) is 1. The van der Waals surface area contributed by atoms with E-state index in [1.165, 1.54) is 25.7 Å². The quantitative estimate of drug-likeness (QED) is 0.684. The molecule has 4 heteroatoms. The van der Waals surface area contributed by atoms with Gasteiger partial charge in [-0.2, -0.15) is 5.10 Å². The van der Waals surface area contributed by atoms with Gasteiger partial charge in [-0.05, 0) is 6.42 Å². The topological polar surface area (TPSA) is 55.9 Å². The summed E-state index contributed by atoms with van der Waals surface area (Å²) in [5.41, 5.74) is 6.46. The minimum Gasteiger partial charge on any atom is -0.394 e. The maximum Gasteiger partial charge on any atom is 0.171 e. The summed E-state index contributed by atoms with van der Waals surface area (Å²) in [5.74, 6) is 0.809. The van der Waals surface area contributed by atoms with Gasteiger partial charge in [0.05, 0.1) is 5.69 Å². The Morgan fingerprint density at radius 3 is 2.79 bits per heavy atom. The Morgan fingerprint density at radius 2 is 2.21 bits per heavy atom. The summed E-state index contributed by atoms with van der Waals surface area (Å²) in [7, 11) is 1.87. The highest BCUT2D eigenvalue weighted by molar-refractivity contribution is 5.59. The van der Waals surface area contributed by atoms with E-state index < -0.39 is 0 Å². The molecule has 1 aromatic rings. The van der Waals surface area contributed by atoms with Crippen LogP contribution in [0.25, 0.3) is 0 Å². The van der Waals surface area contributed by atoms with Crippen LogP contribution in [-0.4, -0.2) is 16.3 Å². The second-order valence-electron chi connectivity index (χ2n) is 3.59. The third-order valence-corrected chi connectivity index (χ3v) is 2.18. The number of aromatic nitrogens is 2. The molecule has 0 fully saturated rings. The Balaban J connectivity index is 2.21. The van der Waals surface area contributed by atoms with Crippen LogP contribution < -0.4 is 11.1 Å². The van der Waals surface area contributed by atoms with Crippen LogP contribution in [0.1, 0.15) is 32.6 Å². The zero-order valence-corrected chi connectivity index (χ0v) is 9.08. The summed E-state index contributed by atoms with van der Waals surface area (Å²) in [6.07, 6.45) is 6.85. The van der Waals surface area contributed by atoms with Gasteiger partial charge in [0.25, 0.3) is 0 Å². The SMILES string of the molecule is CCCCCCNc1nn(C)cc1N. The van der Waals surface area contributed by atoms with Crippen LogP contribution in [0.3, 0.4) is 0 Å². The van der Waals surface area contributed by atoms with E-state index in [9.17, 15) is 0 Å². The van der Waals surface area contributed by atoms with E-state index in [0.29, 0.717) is 0 Å². The Hall–Kier alpha value is -1.19. The predicted molar refractivity (Wildman–Crippen MR) is 60.3 cm³/mol. The fourth-order valence-corrected chi connectivity index (χ4v) is 1.40. The summed E-state index contributed by atoms with van der Waals surface area (Å²) in [5, 5.41) is 7.44. The molecule has 1 aromatic heterocycles. The number of anilines is 2. The standard InChI is InChI=1S/C10H20N4/c1-3-4-5-6-7-12-10-9(11)8-14(2)13-10/h8H,3-7,11H2,1-2H3,(H,12,13). The molecule has 0 amide bonds. The Labute approximate surface area is 85.5 Å². The first-order chi connectivity index (χ1) is 6.74. The third-order valence-electron chi connectivity index (χ3n) is 2.18. The Bertz CT molecular complexity index is 267. The number of rotatable bonds is 6. The molecule has 0 unspecified atom stereocenters. The van der Waals surface area contributed by atoms with Crippen molar-refractivity contribution in [3.63, 3.8) is 0 Å². The average Bonchev–Trinajstić information content (AvgIpc) is 2.45. The fraction of sp³-hybridized carbons (Fsp3) is 0.700. The number of hydrogen-bond donors (Lipinski definition) is 2. The summed E-state index contributed by atoms with van der Waals surface area (Å²) in [4.78, 5) is 0. The molecular weight excluding hydrogens is 176 g/mol. The molecule has 0 radical (unpaired) electrons. The van der Waals surface area contributed by atoms with Crippen LogP contribution in [0, 0.1) is 0 Å². The lowest BCUT2D eigenvalue weighted by atomic mass is 10.2. The number of nitrogen functional groups attached to an aromatic ring is 1. The number of nitrogens with one attached hydrogen (secondary N) is 1. The summed E-state index contributed by atoms with van der Waals surface area (Å²) in [6, 6.07) is 0. The molecule has 1 heterocycles. The lowest BCUT2D eigenvalue weighted by Gasteiger charge is -2.02. The van der Waals surface area contributed by atoms with Crippen molar-refractivity contribution in [2.24, 2.45) is 7.05 Å². The molecule has 0 aliphatic heterocycles. The first-order valence-electron chi connectivity index (χ1n) is 5.27. The number of unbranched alkanes of at least 4 members (excludes halogenated alkanes) is 3. The Kier molecular flexibility index (Phi) is 4.29. The van der Waals surface area contributed by atoms with Crippen LogP contribution in [-0.2, 0) is 7.05 Å². The lowest BCUT2D eigenvalue weighted by Crippen LogP contribution is -2.04. The van der Waals surface area contributed by atoms with Gasteiger partial charge in [-0.1, -0.05) is 26.2 Å². The van der Waals surface area contributed by atoms with Gasteiger partial charge in [-0.3, -0.25) is 4.68 Å². The maximum atomic E-state index is 5.74. The molecule has 0 aliphatic rings. The van der Waals surface area contributed by atoms with Gasteiger partial charge >= 0.3 is 0 Å². The van der Waals surface area contributed by atoms with Crippen molar-refractivity contribution in [1.29, 1.82) is 0 Å². The minimum absolute atomic E-state index is 0.725. The van der Waals surface area contributed by atoms with Crippen molar-refractivity contribution in [1.82, 2.24) is 9.78 Å². The van der Waals surface area contributed by atoms with Crippen molar-refractivity contribution >= 4 is 11.5 Å². The lowest BCUT2D eigenvalue weighted by molar-refractivity contribution is 0.682. The Morgan fingerprint density at radius 1 is 1.43 bits per heavy atom. The van der Waals surface area contributed by atoms with E-state index in [2.05, 4.69) is 17.3 Å².